The number of imidazole rings is 1. The first-order valence-electron chi connectivity index (χ1n) is 10.7. The number of hydrogen-bond donors (Lipinski definition) is 1. The SMILES string of the molecule is C[C@H](CCc1ccccc1)NC(=O)CCc1c(-c2ccc(F)cc2)nc2ccccn12. The molecule has 1 amide bonds. The van der Waals surface area contributed by atoms with Crippen molar-refractivity contribution >= 4 is 11.6 Å². The minimum atomic E-state index is -0.280. The van der Waals surface area contributed by atoms with Crippen LogP contribution in [0.4, 0.5) is 4.39 Å². The number of rotatable bonds is 8. The zero-order valence-corrected chi connectivity index (χ0v) is 17.6. The van der Waals surface area contributed by atoms with Gasteiger partial charge in [-0.05, 0) is 68.1 Å². The van der Waals surface area contributed by atoms with Crippen LogP contribution in [-0.2, 0) is 17.6 Å². The molecule has 4 aromatic rings. The van der Waals surface area contributed by atoms with Crippen molar-refractivity contribution in [2.24, 2.45) is 0 Å². The van der Waals surface area contributed by atoms with Crippen molar-refractivity contribution in [2.45, 2.75) is 38.6 Å². The first-order valence-corrected chi connectivity index (χ1v) is 10.7. The number of carbonyl (C=O) groups is 1. The molecule has 158 valence electrons. The average Bonchev–Trinajstić information content (AvgIpc) is 3.16. The van der Waals surface area contributed by atoms with Crippen LogP contribution in [0.3, 0.4) is 0 Å². The van der Waals surface area contributed by atoms with Crippen LogP contribution >= 0.6 is 0 Å². The fourth-order valence-corrected chi connectivity index (χ4v) is 3.80. The predicted molar refractivity (Wildman–Crippen MR) is 121 cm³/mol. The van der Waals surface area contributed by atoms with E-state index in [-0.39, 0.29) is 17.8 Å². The van der Waals surface area contributed by atoms with Crippen LogP contribution in [0.15, 0.2) is 79.0 Å². The molecular formula is C26H26FN3O. The number of nitrogens with one attached hydrogen (secondary N) is 1. The molecule has 2 heterocycles. The van der Waals surface area contributed by atoms with E-state index in [2.05, 4.69) is 17.4 Å². The molecule has 0 bridgehead atoms. The molecular weight excluding hydrogens is 389 g/mol. The molecule has 0 saturated heterocycles. The van der Waals surface area contributed by atoms with Crippen LogP contribution in [0.5, 0.6) is 0 Å². The van der Waals surface area contributed by atoms with Gasteiger partial charge in [0.15, 0.2) is 0 Å². The molecule has 5 heteroatoms. The number of benzene rings is 2. The van der Waals surface area contributed by atoms with E-state index < -0.39 is 0 Å². The lowest BCUT2D eigenvalue weighted by atomic mass is 10.1. The summed E-state index contributed by atoms with van der Waals surface area (Å²) in [5.74, 6) is -0.255. The van der Waals surface area contributed by atoms with Gasteiger partial charge in [-0.2, -0.15) is 0 Å². The summed E-state index contributed by atoms with van der Waals surface area (Å²) in [6.45, 7) is 2.04. The number of fused-ring (bicyclic) bond motifs is 1. The topological polar surface area (TPSA) is 46.4 Å². The molecule has 0 spiro atoms. The second-order valence-electron chi connectivity index (χ2n) is 7.84. The Morgan fingerprint density at radius 2 is 1.74 bits per heavy atom. The third-order valence-corrected chi connectivity index (χ3v) is 5.45. The lowest BCUT2D eigenvalue weighted by molar-refractivity contribution is -0.121. The van der Waals surface area contributed by atoms with Gasteiger partial charge >= 0.3 is 0 Å². The van der Waals surface area contributed by atoms with Gasteiger partial charge in [-0.3, -0.25) is 4.79 Å². The number of aromatic nitrogens is 2. The summed E-state index contributed by atoms with van der Waals surface area (Å²) in [7, 11) is 0. The predicted octanol–water partition coefficient (Wildman–Crippen LogP) is 5.21. The Bertz CT molecular complexity index is 1150. The molecule has 0 aliphatic heterocycles. The Kier molecular flexibility index (Phi) is 6.41. The zero-order valence-electron chi connectivity index (χ0n) is 17.6. The highest BCUT2D eigenvalue weighted by Gasteiger charge is 2.16. The van der Waals surface area contributed by atoms with Gasteiger partial charge in [-0.25, -0.2) is 9.37 Å². The second-order valence-corrected chi connectivity index (χ2v) is 7.84. The van der Waals surface area contributed by atoms with Gasteiger partial charge in [0.25, 0.3) is 0 Å². The first kappa shape index (κ1) is 20.8. The van der Waals surface area contributed by atoms with Crippen LogP contribution < -0.4 is 5.32 Å². The van der Waals surface area contributed by atoms with Gasteiger partial charge in [0.2, 0.25) is 5.91 Å². The lowest BCUT2D eigenvalue weighted by Gasteiger charge is -2.14. The van der Waals surface area contributed by atoms with E-state index in [0.717, 1.165) is 35.4 Å². The minimum Gasteiger partial charge on any atom is -0.354 e. The van der Waals surface area contributed by atoms with Crippen LogP contribution in [0.2, 0.25) is 0 Å². The first-order chi connectivity index (χ1) is 15.1. The van der Waals surface area contributed by atoms with Crippen LogP contribution in [-0.4, -0.2) is 21.3 Å². The molecule has 31 heavy (non-hydrogen) atoms. The highest BCUT2D eigenvalue weighted by molar-refractivity contribution is 5.77. The summed E-state index contributed by atoms with van der Waals surface area (Å²) in [5.41, 5.74) is 4.67. The molecule has 1 atom stereocenters. The van der Waals surface area contributed by atoms with Crippen LogP contribution in [0.1, 0.15) is 31.0 Å². The molecule has 4 rings (SSSR count). The fraction of sp³-hybridized carbons (Fsp3) is 0.231. The molecule has 0 aliphatic carbocycles. The van der Waals surface area contributed by atoms with Crippen molar-refractivity contribution in [3.05, 3.63) is 96.1 Å². The Hall–Kier alpha value is -3.47. The van der Waals surface area contributed by atoms with Gasteiger partial charge in [0, 0.05) is 24.2 Å². The summed E-state index contributed by atoms with van der Waals surface area (Å²) in [6.07, 6.45) is 4.70. The van der Waals surface area contributed by atoms with Crippen molar-refractivity contribution in [1.82, 2.24) is 14.7 Å². The van der Waals surface area contributed by atoms with Crippen molar-refractivity contribution in [3.8, 4) is 11.3 Å². The quantitative estimate of drug-likeness (QED) is 0.429. The molecule has 0 fully saturated rings. The number of nitrogens with zero attached hydrogens (tertiary/aromatic N) is 2. The van der Waals surface area contributed by atoms with E-state index in [4.69, 9.17) is 4.98 Å². The summed E-state index contributed by atoms with van der Waals surface area (Å²) < 4.78 is 15.4. The minimum absolute atomic E-state index is 0.0245. The van der Waals surface area contributed by atoms with E-state index in [1.54, 1.807) is 12.1 Å². The maximum atomic E-state index is 13.4. The highest BCUT2D eigenvalue weighted by Crippen LogP contribution is 2.26. The van der Waals surface area contributed by atoms with Gasteiger partial charge in [-0.15, -0.1) is 0 Å². The Morgan fingerprint density at radius 1 is 1.00 bits per heavy atom. The lowest BCUT2D eigenvalue weighted by Crippen LogP contribution is -2.33. The van der Waals surface area contributed by atoms with Crippen molar-refractivity contribution in [3.63, 3.8) is 0 Å². The van der Waals surface area contributed by atoms with Crippen molar-refractivity contribution in [1.29, 1.82) is 0 Å². The van der Waals surface area contributed by atoms with Gasteiger partial charge in [0.1, 0.15) is 11.5 Å². The van der Waals surface area contributed by atoms with Gasteiger partial charge in [0.05, 0.1) is 11.4 Å². The van der Waals surface area contributed by atoms with Crippen molar-refractivity contribution < 1.29 is 9.18 Å². The standard InChI is InChI=1S/C26H26FN3O/c1-19(10-11-20-7-3-2-4-8-20)28-25(31)17-16-23-26(21-12-14-22(27)15-13-21)29-24-9-5-6-18-30(23)24/h2-9,12-15,18-19H,10-11,16-17H2,1H3,(H,28,31)/t19-/m1/s1. The van der Waals surface area contributed by atoms with Gasteiger partial charge in [-0.1, -0.05) is 36.4 Å². The molecule has 0 unspecified atom stereocenters. The Morgan fingerprint density at radius 3 is 2.52 bits per heavy atom. The Labute approximate surface area is 181 Å². The van der Waals surface area contributed by atoms with Gasteiger partial charge < -0.3 is 9.72 Å². The normalized spacial score (nSPS) is 12.1. The number of aryl methyl sites for hydroxylation is 2. The van der Waals surface area contributed by atoms with E-state index >= 15 is 0 Å². The smallest absolute Gasteiger partial charge is 0.220 e. The molecule has 0 aliphatic rings. The fourth-order valence-electron chi connectivity index (χ4n) is 3.80. The van der Waals surface area contributed by atoms with E-state index in [1.807, 2.05) is 53.9 Å². The molecule has 0 radical (unpaired) electrons. The third kappa shape index (κ3) is 5.18. The summed E-state index contributed by atoms with van der Waals surface area (Å²) in [4.78, 5) is 17.3. The van der Waals surface area contributed by atoms with Crippen LogP contribution in [0, 0.1) is 5.82 Å². The van der Waals surface area contributed by atoms with E-state index in [9.17, 15) is 9.18 Å². The molecule has 4 nitrogen and oxygen atoms in total. The second kappa shape index (κ2) is 9.56. The highest BCUT2D eigenvalue weighted by atomic mass is 19.1. The number of halogens is 1. The summed E-state index contributed by atoms with van der Waals surface area (Å²) >= 11 is 0. The third-order valence-electron chi connectivity index (χ3n) is 5.45. The monoisotopic (exact) mass is 415 g/mol. The molecule has 0 saturated carbocycles. The number of carbonyl (C=O) groups excluding carboxylic acids is 1. The number of pyridine rings is 1. The van der Waals surface area contributed by atoms with Crippen LogP contribution in [0.25, 0.3) is 16.9 Å². The molecule has 1 N–H and O–H groups in total. The molecule has 2 aromatic carbocycles. The average molecular weight is 416 g/mol. The van der Waals surface area contributed by atoms with E-state index in [0.29, 0.717) is 12.8 Å². The molecule has 2 aromatic heterocycles. The number of hydrogen-bond acceptors (Lipinski definition) is 2. The van der Waals surface area contributed by atoms with Crippen molar-refractivity contribution in [2.75, 3.05) is 0 Å². The number of amides is 1. The maximum absolute atomic E-state index is 13.4. The summed E-state index contributed by atoms with van der Waals surface area (Å²) in [6, 6.07) is 22.5. The largest absolute Gasteiger partial charge is 0.354 e. The summed E-state index contributed by atoms with van der Waals surface area (Å²) in [5, 5.41) is 3.11. The van der Waals surface area contributed by atoms with E-state index in [1.165, 1.54) is 17.7 Å². The zero-order chi connectivity index (χ0) is 21.6. The Balaban J connectivity index is 1.42. The maximum Gasteiger partial charge on any atom is 0.220 e.